The Labute approximate surface area is 116 Å². The van der Waals surface area contributed by atoms with Gasteiger partial charge in [-0.15, -0.1) is 0 Å². The molecule has 0 heterocycles. The Morgan fingerprint density at radius 1 is 1.16 bits per heavy atom. The summed E-state index contributed by atoms with van der Waals surface area (Å²) in [5.41, 5.74) is 1.21. The van der Waals surface area contributed by atoms with Gasteiger partial charge in [0.1, 0.15) is 5.82 Å². The van der Waals surface area contributed by atoms with Crippen LogP contribution in [0.15, 0.2) is 24.3 Å². The first-order chi connectivity index (χ1) is 9.16. The van der Waals surface area contributed by atoms with Crippen molar-refractivity contribution in [1.29, 1.82) is 0 Å². The van der Waals surface area contributed by atoms with Crippen LogP contribution in [-0.2, 0) is 6.42 Å². The van der Waals surface area contributed by atoms with Gasteiger partial charge in [0.05, 0.1) is 0 Å². The molecule has 1 nitrogen and oxygen atoms in total. The van der Waals surface area contributed by atoms with E-state index in [9.17, 15) is 4.39 Å². The highest BCUT2D eigenvalue weighted by molar-refractivity contribution is 5.16. The third-order valence-electron chi connectivity index (χ3n) is 4.41. The molecule has 2 heteroatoms. The maximum absolute atomic E-state index is 12.8. The van der Waals surface area contributed by atoms with E-state index in [4.69, 9.17) is 0 Å². The highest BCUT2D eigenvalue weighted by atomic mass is 19.1. The molecular weight excluding hydrogens is 237 g/mol. The fourth-order valence-corrected chi connectivity index (χ4v) is 3.26. The molecule has 0 radical (unpaired) electrons. The van der Waals surface area contributed by atoms with Crippen molar-refractivity contribution in [3.63, 3.8) is 0 Å². The minimum atomic E-state index is -0.149. The quantitative estimate of drug-likeness (QED) is 0.840. The molecule has 2 rings (SSSR count). The Morgan fingerprint density at radius 3 is 2.53 bits per heavy atom. The average molecular weight is 263 g/mol. The molecule has 106 valence electrons. The minimum absolute atomic E-state index is 0.149. The van der Waals surface area contributed by atoms with Crippen LogP contribution in [0.5, 0.6) is 0 Å². The predicted molar refractivity (Wildman–Crippen MR) is 78.7 cm³/mol. The van der Waals surface area contributed by atoms with E-state index in [1.54, 1.807) is 12.1 Å². The predicted octanol–water partition coefficient (Wildman–Crippen LogP) is 4.17. The maximum atomic E-state index is 12.8. The van der Waals surface area contributed by atoms with Gasteiger partial charge in [0.15, 0.2) is 0 Å². The number of hydrogen-bond acceptors (Lipinski definition) is 1. The zero-order chi connectivity index (χ0) is 13.7. The van der Waals surface area contributed by atoms with Crippen LogP contribution in [0, 0.1) is 17.7 Å². The van der Waals surface area contributed by atoms with Gasteiger partial charge in [0.2, 0.25) is 0 Å². The zero-order valence-electron chi connectivity index (χ0n) is 12.2. The molecule has 0 spiro atoms. The molecule has 1 saturated carbocycles. The maximum Gasteiger partial charge on any atom is 0.123 e. The van der Waals surface area contributed by atoms with Gasteiger partial charge < -0.3 is 5.32 Å². The fourth-order valence-electron chi connectivity index (χ4n) is 3.26. The van der Waals surface area contributed by atoms with E-state index in [0.717, 1.165) is 24.8 Å². The normalized spacial score (nSPS) is 23.8. The molecule has 1 aliphatic rings. The second-order valence-corrected chi connectivity index (χ2v) is 6.13. The van der Waals surface area contributed by atoms with Crippen molar-refractivity contribution in [2.24, 2.45) is 11.8 Å². The lowest BCUT2D eigenvalue weighted by Gasteiger charge is -2.35. The van der Waals surface area contributed by atoms with Crippen molar-refractivity contribution in [2.75, 3.05) is 6.54 Å². The third-order valence-corrected chi connectivity index (χ3v) is 4.41. The SMILES string of the molecule is CC(C)C1CCCCC1NCCc1ccc(F)cc1. The lowest BCUT2D eigenvalue weighted by molar-refractivity contribution is 0.207. The smallest absolute Gasteiger partial charge is 0.123 e. The summed E-state index contributed by atoms with van der Waals surface area (Å²) in [6.07, 6.45) is 6.41. The van der Waals surface area contributed by atoms with Gasteiger partial charge in [0.25, 0.3) is 0 Å². The Kier molecular flexibility index (Phi) is 5.38. The van der Waals surface area contributed by atoms with E-state index in [2.05, 4.69) is 19.2 Å². The largest absolute Gasteiger partial charge is 0.313 e. The molecule has 0 aromatic heterocycles. The molecule has 1 aliphatic carbocycles. The van der Waals surface area contributed by atoms with Crippen LogP contribution in [0.25, 0.3) is 0 Å². The van der Waals surface area contributed by atoms with Gasteiger partial charge in [0, 0.05) is 6.04 Å². The lowest BCUT2D eigenvalue weighted by Crippen LogP contribution is -2.41. The summed E-state index contributed by atoms with van der Waals surface area (Å²) in [4.78, 5) is 0. The summed E-state index contributed by atoms with van der Waals surface area (Å²) < 4.78 is 12.8. The second kappa shape index (κ2) is 7.04. The summed E-state index contributed by atoms with van der Waals surface area (Å²) in [7, 11) is 0. The average Bonchev–Trinajstić information content (AvgIpc) is 2.41. The summed E-state index contributed by atoms with van der Waals surface area (Å²) in [5.74, 6) is 1.44. The monoisotopic (exact) mass is 263 g/mol. The van der Waals surface area contributed by atoms with Gasteiger partial charge in [-0.25, -0.2) is 4.39 Å². The van der Waals surface area contributed by atoms with Crippen LogP contribution in [0.2, 0.25) is 0 Å². The molecule has 2 unspecified atom stereocenters. The summed E-state index contributed by atoms with van der Waals surface area (Å²) in [6.45, 7) is 5.68. The van der Waals surface area contributed by atoms with Gasteiger partial charge in [-0.3, -0.25) is 0 Å². The molecule has 0 saturated heterocycles. The van der Waals surface area contributed by atoms with Crippen molar-refractivity contribution in [3.8, 4) is 0 Å². The molecule has 0 amide bonds. The van der Waals surface area contributed by atoms with E-state index in [-0.39, 0.29) is 5.82 Å². The molecule has 2 atom stereocenters. The van der Waals surface area contributed by atoms with E-state index in [0.29, 0.717) is 6.04 Å². The Balaban J connectivity index is 1.79. The summed E-state index contributed by atoms with van der Waals surface area (Å²) >= 11 is 0. The topological polar surface area (TPSA) is 12.0 Å². The van der Waals surface area contributed by atoms with Crippen molar-refractivity contribution < 1.29 is 4.39 Å². The molecule has 1 N–H and O–H groups in total. The standard InChI is InChI=1S/C17H26FN/c1-13(2)16-5-3-4-6-17(16)19-12-11-14-7-9-15(18)10-8-14/h7-10,13,16-17,19H,3-6,11-12H2,1-2H3. The van der Waals surface area contributed by atoms with Gasteiger partial charge in [-0.1, -0.05) is 38.8 Å². The van der Waals surface area contributed by atoms with Crippen molar-refractivity contribution >= 4 is 0 Å². The Bertz CT molecular complexity index is 371. The van der Waals surface area contributed by atoms with Crippen molar-refractivity contribution in [3.05, 3.63) is 35.6 Å². The van der Waals surface area contributed by atoms with Crippen LogP contribution < -0.4 is 5.32 Å². The van der Waals surface area contributed by atoms with Gasteiger partial charge in [-0.2, -0.15) is 0 Å². The number of nitrogens with one attached hydrogen (secondary N) is 1. The third kappa shape index (κ3) is 4.31. The molecule has 1 aromatic rings. The van der Waals surface area contributed by atoms with Crippen LogP contribution in [0.4, 0.5) is 4.39 Å². The molecule has 19 heavy (non-hydrogen) atoms. The van der Waals surface area contributed by atoms with Crippen LogP contribution in [0.3, 0.4) is 0 Å². The lowest BCUT2D eigenvalue weighted by atomic mass is 9.78. The van der Waals surface area contributed by atoms with Gasteiger partial charge in [-0.05, 0) is 55.3 Å². The number of rotatable bonds is 5. The number of hydrogen-bond donors (Lipinski definition) is 1. The fraction of sp³-hybridized carbons (Fsp3) is 0.647. The van der Waals surface area contributed by atoms with E-state index < -0.39 is 0 Å². The first-order valence-corrected chi connectivity index (χ1v) is 7.64. The highest BCUT2D eigenvalue weighted by Gasteiger charge is 2.26. The number of benzene rings is 1. The Hall–Kier alpha value is -0.890. The molecule has 1 fully saturated rings. The van der Waals surface area contributed by atoms with E-state index >= 15 is 0 Å². The highest BCUT2D eigenvalue weighted by Crippen LogP contribution is 2.30. The summed E-state index contributed by atoms with van der Waals surface area (Å²) in [5, 5.41) is 3.72. The Morgan fingerprint density at radius 2 is 1.84 bits per heavy atom. The van der Waals surface area contributed by atoms with Crippen molar-refractivity contribution in [2.45, 2.75) is 52.0 Å². The molecule has 0 aliphatic heterocycles. The van der Waals surface area contributed by atoms with Crippen LogP contribution in [0.1, 0.15) is 45.1 Å². The summed E-state index contributed by atoms with van der Waals surface area (Å²) in [6, 6.07) is 7.55. The number of halogens is 1. The van der Waals surface area contributed by atoms with Crippen LogP contribution >= 0.6 is 0 Å². The van der Waals surface area contributed by atoms with Crippen molar-refractivity contribution in [1.82, 2.24) is 5.32 Å². The first-order valence-electron chi connectivity index (χ1n) is 7.64. The zero-order valence-corrected chi connectivity index (χ0v) is 12.2. The minimum Gasteiger partial charge on any atom is -0.313 e. The molecular formula is C17H26FN. The first kappa shape index (κ1) is 14.5. The van der Waals surface area contributed by atoms with E-state index in [1.807, 2.05) is 12.1 Å². The molecule has 0 bridgehead atoms. The molecule has 1 aromatic carbocycles. The van der Waals surface area contributed by atoms with Gasteiger partial charge >= 0.3 is 0 Å². The van der Waals surface area contributed by atoms with E-state index in [1.165, 1.54) is 31.2 Å². The van der Waals surface area contributed by atoms with Crippen LogP contribution in [-0.4, -0.2) is 12.6 Å². The second-order valence-electron chi connectivity index (χ2n) is 6.13.